The summed E-state index contributed by atoms with van der Waals surface area (Å²) in [7, 11) is 3.33. The largest absolute Gasteiger partial charge is 0.497 e. The van der Waals surface area contributed by atoms with Crippen LogP contribution in [0.5, 0.6) is 11.5 Å². The average Bonchev–Trinajstić information content (AvgIpc) is 2.48. The Kier molecular flexibility index (Phi) is 4.82. The van der Waals surface area contributed by atoms with Gasteiger partial charge in [0.1, 0.15) is 5.75 Å². The number of benzene rings is 1. The van der Waals surface area contributed by atoms with E-state index >= 15 is 0 Å². The molecule has 106 valence electrons. The Morgan fingerprint density at radius 1 is 1.15 bits per heavy atom. The third-order valence-electron chi connectivity index (χ3n) is 3.09. The molecule has 4 nitrogen and oxygen atoms in total. The van der Waals surface area contributed by atoms with Crippen LogP contribution in [0.1, 0.15) is 11.3 Å². The maximum Gasteiger partial charge on any atom is 0.160 e. The lowest BCUT2D eigenvalue weighted by Gasteiger charge is -2.11. The second-order valence-corrected chi connectivity index (χ2v) is 4.55. The summed E-state index contributed by atoms with van der Waals surface area (Å²) in [6, 6.07) is 10.1. The number of anilines is 1. The lowest BCUT2D eigenvalue weighted by molar-refractivity contribution is 0.414. The quantitative estimate of drug-likeness (QED) is 0.877. The number of ether oxygens (including phenoxy) is 2. The minimum atomic E-state index is 0.765. The first kappa shape index (κ1) is 14.2. The SMILES string of the molecule is COc1cccc(CCNc2cc(C)ncc2OC)c1. The molecule has 1 N–H and O–H groups in total. The number of hydrogen-bond acceptors (Lipinski definition) is 4. The first-order chi connectivity index (χ1) is 9.72. The minimum Gasteiger partial charge on any atom is -0.497 e. The summed E-state index contributed by atoms with van der Waals surface area (Å²) >= 11 is 0. The van der Waals surface area contributed by atoms with Gasteiger partial charge in [-0.2, -0.15) is 0 Å². The van der Waals surface area contributed by atoms with Crippen molar-refractivity contribution in [3.8, 4) is 11.5 Å². The maximum absolute atomic E-state index is 5.29. The summed E-state index contributed by atoms with van der Waals surface area (Å²) in [6.45, 7) is 2.79. The number of nitrogens with zero attached hydrogens (tertiary/aromatic N) is 1. The monoisotopic (exact) mass is 272 g/mol. The summed E-state index contributed by atoms with van der Waals surface area (Å²) in [5, 5.41) is 3.39. The molecule has 0 amide bonds. The molecule has 1 aromatic carbocycles. The van der Waals surface area contributed by atoms with Gasteiger partial charge in [0.2, 0.25) is 0 Å². The van der Waals surface area contributed by atoms with Crippen LogP contribution >= 0.6 is 0 Å². The fraction of sp³-hybridized carbons (Fsp3) is 0.312. The van der Waals surface area contributed by atoms with Crippen molar-refractivity contribution in [3.05, 3.63) is 47.8 Å². The molecule has 0 bridgehead atoms. The second kappa shape index (κ2) is 6.80. The molecule has 0 radical (unpaired) electrons. The molecule has 0 aliphatic heterocycles. The molecule has 0 spiro atoms. The fourth-order valence-electron chi connectivity index (χ4n) is 2.02. The van der Waals surface area contributed by atoms with Crippen molar-refractivity contribution in [3.63, 3.8) is 0 Å². The van der Waals surface area contributed by atoms with Crippen LogP contribution in [0.3, 0.4) is 0 Å². The van der Waals surface area contributed by atoms with Gasteiger partial charge in [-0.05, 0) is 37.1 Å². The zero-order valence-corrected chi connectivity index (χ0v) is 12.1. The highest BCUT2D eigenvalue weighted by molar-refractivity contribution is 5.56. The lowest BCUT2D eigenvalue weighted by Crippen LogP contribution is -2.07. The Morgan fingerprint density at radius 3 is 2.75 bits per heavy atom. The van der Waals surface area contributed by atoms with Gasteiger partial charge in [0.25, 0.3) is 0 Å². The molecule has 0 saturated heterocycles. The number of aryl methyl sites for hydroxylation is 1. The molecule has 0 atom stereocenters. The molecule has 0 aliphatic rings. The van der Waals surface area contributed by atoms with Gasteiger partial charge in [-0.25, -0.2) is 0 Å². The Bertz CT molecular complexity index is 570. The molecule has 2 rings (SSSR count). The number of nitrogens with one attached hydrogen (secondary N) is 1. The number of hydrogen-bond donors (Lipinski definition) is 1. The van der Waals surface area contributed by atoms with E-state index < -0.39 is 0 Å². The number of methoxy groups -OCH3 is 2. The topological polar surface area (TPSA) is 43.4 Å². The normalized spacial score (nSPS) is 10.2. The minimum absolute atomic E-state index is 0.765. The summed E-state index contributed by atoms with van der Waals surface area (Å²) in [5.74, 6) is 1.65. The van der Waals surface area contributed by atoms with Gasteiger partial charge >= 0.3 is 0 Å². The van der Waals surface area contributed by atoms with Crippen molar-refractivity contribution >= 4 is 5.69 Å². The van der Waals surface area contributed by atoms with Crippen LogP contribution in [0.2, 0.25) is 0 Å². The molecule has 0 fully saturated rings. The fourth-order valence-corrected chi connectivity index (χ4v) is 2.02. The van der Waals surface area contributed by atoms with Gasteiger partial charge < -0.3 is 14.8 Å². The van der Waals surface area contributed by atoms with Crippen molar-refractivity contribution in [1.82, 2.24) is 4.98 Å². The van der Waals surface area contributed by atoms with Crippen LogP contribution in [0, 0.1) is 6.92 Å². The Labute approximate surface area is 119 Å². The van der Waals surface area contributed by atoms with Gasteiger partial charge in [0, 0.05) is 12.2 Å². The van der Waals surface area contributed by atoms with Crippen molar-refractivity contribution in [2.45, 2.75) is 13.3 Å². The van der Waals surface area contributed by atoms with E-state index in [0.717, 1.165) is 35.8 Å². The highest BCUT2D eigenvalue weighted by Gasteiger charge is 2.03. The second-order valence-electron chi connectivity index (χ2n) is 4.55. The van der Waals surface area contributed by atoms with E-state index in [0.29, 0.717) is 0 Å². The molecule has 1 heterocycles. The average molecular weight is 272 g/mol. The van der Waals surface area contributed by atoms with Crippen molar-refractivity contribution < 1.29 is 9.47 Å². The molecule has 2 aromatic rings. The number of rotatable bonds is 6. The summed E-state index contributed by atoms with van der Waals surface area (Å²) in [6.07, 6.45) is 2.66. The number of aromatic nitrogens is 1. The van der Waals surface area contributed by atoms with Gasteiger partial charge in [0.15, 0.2) is 5.75 Å². The molecular weight excluding hydrogens is 252 g/mol. The Balaban J connectivity index is 1.97. The molecular formula is C16H20N2O2. The summed E-state index contributed by atoms with van der Waals surface area (Å²) in [4.78, 5) is 4.22. The van der Waals surface area contributed by atoms with Crippen LogP contribution in [-0.4, -0.2) is 25.7 Å². The van der Waals surface area contributed by atoms with E-state index in [2.05, 4.69) is 22.4 Å². The molecule has 0 saturated carbocycles. The first-order valence-corrected chi connectivity index (χ1v) is 6.60. The van der Waals surface area contributed by atoms with Gasteiger partial charge in [-0.15, -0.1) is 0 Å². The van der Waals surface area contributed by atoms with E-state index in [9.17, 15) is 0 Å². The summed E-state index contributed by atoms with van der Waals surface area (Å²) < 4.78 is 10.5. The zero-order chi connectivity index (χ0) is 14.4. The Morgan fingerprint density at radius 2 is 2.00 bits per heavy atom. The zero-order valence-electron chi connectivity index (χ0n) is 12.1. The van der Waals surface area contributed by atoms with Gasteiger partial charge in [0.05, 0.1) is 26.1 Å². The van der Waals surface area contributed by atoms with Crippen LogP contribution in [0.25, 0.3) is 0 Å². The van der Waals surface area contributed by atoms with Crippen LogP contribution in [-0.2, 0) is 6.42 Å². The number of pyridine rings is 1. The van der Waals surface area contributed by atoms with Gasteiger partial charge in [-0.3, -0.25) is 4.98 Å². The molecule has 4 heteroatoms. The van der Waals surface area contributed by atoms with E-state index in [-0.39, 0.29) is 0 Å². The standard InChI is InChI=1S/C16H20N2O2/c1-12-9-15(16(20-3)11-18-12)17-8-7-13-5-4-6-14(10-13)19-2/h4-6,9-11H,7-8H2,1-3H3,(H,17,18). The van der Waals surface area contributed by atoms with E-state index in [1.54, 1.807) is 20.4 Å². The maximum atomic E-state index is 5.29. The molecule has 0 unspecified atom stereocenters. The molecule has 0 aliphatic carbocycles. The van der Waals surface area contributed by atoms with Crippen LogP contribution in [0.15, 0.2) is 36.5 Å². The van der Waals surface area contributed by atoms with Crippen molar-refractivity contribution in [2.24, 2.45) is 0 Å². The highest BCUT2D eigenvalue weighted by atomic mass is 16.5. The van der Waals surface area contributed by atoms with Crippen molar-refractivity contribution in [2.75, 3.05) is 26.1 Å². The molecule has 1 aromatic heterocycles. The Hall–Kier alpha value is -2.23. The van der Waals surface area contributed by atoms with Crippen LogP contribution in [0.4, 0.5) is 5.69 Å². The summed E-state index contributed by atoms with van der Waals surface area (Å²) in [5.41, 5.74) is 3.18. The smallest absolute Gasteiger partial charge is 0.160 e. The first-order valence-electron chi connectivity index (χ1n) is 6.60. The van der Waals surface area contributed by atoms with Crippen molar-refractivity contribution in [1.29, 1.82) is 0 Å². The third-order valence-corrected chi connectivity index (χ3v) is 3.09. The van der Waals surface area contributed by atoms with E-state index in [1.807, 2.05) is 25.1 Å². The molecule has 20 heavy (non-hydrogen) atoms. The third kappa shape index (κ3) is 3.63. The van der Waals surface area contributed by atoms with Crippen LogP contribution < -0.4 is 14.8 Å². The highest BCUT2D eigenvalue weighted by Crippen LogP contribution is 2.23. The predicted octanol–water partition coefficient (Wildman–Crippen LogP) is 3.06. The van der Waals surface area contributed by atoms with E-state index in [4.69, 9.17) is 9.47 Å². The van der Waals surface area contributed by atoms with Gasteiger partial charge in [-0.1, -0.05) is 12.1 Å². The lowest BCUT2D eigenvalue weighted by atomic mass is 10.1. The van der Waals surface area contributed by atoms with E-state index in [1.165, 1.54) is 5.56 Å². The predicted molar refractivity (Wildman–Crippen MR) is 80.7 cm³/mol.